The number of carbonyl (C=O) groups is 3. The fourth-order valence-electron chi connectivity index (χ4n) is 6.50. The molecule has 2 saturated heterocycles. The summed E-state index contributed by atoms with van der Waals surface area (Å²) >= 11 is 0. The number of anilines is 1. The van der Waals surface area contributed by atoms with Crippen LogP contribution in [0.25, 0.3) is 0 Å². The van der Waals surface area contributed by atoms with E-state index in [0.29, 0.717) is 37.8 Å². The van der Waals surface area contributed by atoms with Gasteiger partial charge in [0.2, 0.25) is 11.8 Å². The molecule has 3 heterocycles. The van der Waals surface area contributed by atoms with E-state index >= 15 is 0 Å². The van der Waals surface area contributed by atoms with E-state index in [4.69, 9.17) is 0 Å². The molecule has 0 spiro atoms. The van der Waals surface area contributed by atoms with E-state index in [-0.39, 0.29) is 17.7 Å². The first-order valence-electron chi connectivity index (χ1n) is 13.2. The first-order valence-corrected chi connectivity index (χ1v) is 13.2. The SMILES string of the molecule is CC12CCC(=O)N1c1ccccc1C(=O)N2CCCC(=O)N1CCN(CC2CCCCC2)CC1. The predicted octanol–water partition coefficient (Wildman–Crippen LogP) is 3.49. The maximum absolute atomic E-state index is 13.3. The van der Waals surface area contributed by atoms with Gasteiger partial charge in [0.1, 0.15) is 5.66 Å². The zero-order chi connectivity index (χ0) is 23.7. The van der Waals surface area contributed by atoms with Gasteiger partial charge < -0.3 is 9.80 Å². The van der Waals surface area contributed by atoms with E-state index in [2.05, 4.69) is 4.90 Å². The minimum absolute atomic E-state index is 0.0344. The number of hydrogen-bond acceptors (Lipinski definition) is 4. The first-order chi connectivity index (χ1) is 16.5. The van der Waals surface area contributed by atoms with Gasteiger partial charge in [-0.05, 0) is 50.7 Å². The maximum atomic E-state index is 13.3. The summed E-state index contributed by atoms with van der Waals surface area (Å²) < 4.78 is 0. The Hall–Kier alpha value is -2.41. The summed E-state index contributed by atoms with van der Waals surface area (Å²) in [6, 6.07) is 7.38. The molecule has 0 aromatic heterocycles. The topological polar surface area (TPSA) is 64.2 Å². The Balaban J connectivity index is 1.14. The molecule has 1 aliphatic carbocycles. The van der Waals surface area contributed by atoms with E-state index in [1.807, 2.05) is 34.9 Å². The zero-order valence-electron chi connectivity index (χ0n) is 20.5. The number of hydrogen-bond donors (Lipinski definition) is 0. The van der Waals surface area contributed by atoms with Crippen molar-refractivity contribution in [2.45, 2.75) is 70.4 Å². The number of fused-ring (bicyclic) bond motifs is 3. The van der Waals surface area contributed by atoms with Crippen LogP contribution in [0.3, 0.4) is 0 Å². The fourth-order valence-corrected chi connectivity index (χ4v) is 6.50. The normalized spacial score (nSPS) is 26.1. The molecule has 0 radical (unpaired) electrons. The molecule has 1 aromatic carbocycles. The minimum Gasteiger partial charge on any atom is -0.340 e. The van der Waals surface area contributed by atoms with Crippen LogP contribution in [0.15, 0.2) is 24.3 Å². The van der Waals surface area contributed by atoms with Crippen LogP contribution >= 0.6 is 0 Å². The molecule has 184 valence electrons. The van der Waals surface area contributed by atoms with Crippen LogP contribution in [0, 0.1) is 5.92 Å². The Morgan fingerprint density at radius 3 is 2.53 bits per heavy atom. The Morgan fingerprint density at radius 1 is 1.03 bits per heavy atom. The van der Waals surface area contributed by atoms with E-state index < -0.39 is 5.66 Å². The Morgan fingerprint density at radius 2 is 1.76 bits per heavy atom. The van der Waals surface area contributed by atoms with Crippen molar-refractivity contribution < 1.29 is 14.4 Å². The number of rotatable bonds is 6. The number of piperazine rings is 1. The van der Waals surface area contributed by atoms with Gasteiger partial charge in [-0.15, -0.1) is 0 Å². The number of para-hydroxylation sites is 1. The van der Waals surface area contributed by atoms with Gasteiger partial charge in [-0.3, -0.25) is 24.2 Å². The fraction of sp³-hybridized carbons (Fsp3) is 0.667. The molecule has 3 amide bonds. The van der Waals surface area contributed by atoms with Gasteiger partial charge in [0, 0.05) is 52.1 Å². The standard InChI is InChI=1S/C27H38N4O3/c1-27-14-13-25(33)31(27)23-11-6-5-10-22(23)26(34)30(27)15-7-12-24(32)29-18-16-28(17-19-29)20-21-8-3-2-4-9-21/h5-6,10-11,21H,2-4,7-9,12-20H2,1H3. The molecule has 7 heteroatoms. The molecule has 0 N–H and O–H groups in total. The average molecular weight is 467 g/mol. The molecule has 1 saturated carbocycles. The lowest BCUT2D eigenvalue weighted by Gasteiger charge is -2.48. The Labute approximate surface area is 203 Å². The van der Waals surface area contributed by atoms with E-state index in [9.17, 15) is 14.4 Å². The summed E-state index contributed by atoms with van der Waals surface area (Å²) in [5, 5.41) is 0. The summed E-state index contributed by atoms with van der Waals surface area (Å²) in [4.78, 5) is 47.1. The summed E-state index contributed by atoms with van der Waals surface area (Å²) in [6.45, 7) is 7.22. The average Bonchev–Trinajstić information content (AvgIpc) is 3.17. The molecule has 1 aromatic rings. The third-order valence-corrected chi connectivity index (χ3v) is 8.48. The van der Waals surface area contributed by atoms with Crippen LogP contribution in [0.5, 0.6) is 0 Å². The highest BCUT2D eigenvalue weighted by molar-refractivity contribution is 6.10. The second-order valence-electron chi connectivity index (χ2n) is 10.7. The van der Waals surface area contributed by atoms with Crippen molar-refractivity contribution in [3.8, 4) is 0 Å². The summed E-state index contributed by atoms with van der Waals surface area (Å²) in [7, 11) is 0. The quantitative estimate of drug-likeness (QED) is 0.644. The van der Waals surface area contributed by atoms with Crippen molar-refractivity contribution in [3.63, 3.8) is 0 Å². The number of nitrogens with zero attached hydrogens (tertiary/aromatic N) is 4. The lowest BCUT2D eigenvalue weighted by Crippen LogP contribution is -2.62. The van der Waals surface area contributed by atoms with Gasteiger partial charge in [0.15, 0.2) is 0 Å². The monoisotopic (exact) mass is 466 g/mol. The Kier molecular flexibility index (Phi) is 6.65. The minimum atomic E-state index is -0.643. The van der Waals surface area contributed by atoms with Crippen LogP contribution in [0.1, 0.15) is 75.1 Å². The van der Waals surface area contributed by atoms with E-state index in [1.54, 1.807) is 11.0 Å². The highest BCUT2D eigenvalue weighted by Gasteiger charge is 2.52. The molecule has 0 bridgehead atoms. The summed E-state index contributed by atoms with van der Waals surface area (Å²) in [5.41, 5.74) is 0.655. The Bertz CT molecular complexity index is 936. The van der Waals surface area contributed by atoms with E-state index in [1.165, 1.54) is 38.6 Å². The number of amides is 3. The third-order valence-electron chi connectivity index (χ3n) is 8.48. The van der Waals surface area contributed by atoms with Crippen LogP contribution in [-0.2, 0) is 9.59 Å². The van der Waals surface area contributed by atoms with Gasteiger partial charge in [0.05, 0.1) is 11.3 Å². The number of benzene rings is 1. The summed E-state index contributed by atoms with van der Waals surface area (Å²) in [5.74, 6) is 1.06. The van der Waals surface area contributed by atoms with Crippen molar-refractivity contribution in [1.29, 1.82) is 0 Å². The van der Waals surface area contributed by atoms with Crippen molar-refractivity contribution in [1.82, 2.24) is 14.7 Å². The molecule has 4 aliphatic rings. The molecular formula is C27H38N4O3. The molecule has 3 aliphatic heterocycles. The first kappa shape index (κ1) is 23.3. The molecular weight excluding hydrogens is 428 g/mol. The van der Waals surface area contributed by atoms with E-state index in [0.717, 1.165) is 37.8 Å². The molecule has 1 atom stereocenters. The molecule has 3 fully saturated rings. The lowest BCUT2D eigenvalue weighted by molar-refractivity contribution is -0.133. The van der Waals surface area contributed by atoms with Gasteiger partial charge in [-0.1, -0.05) is 31.4 Å². The van der Waals surface area contributed by atoms with Gasteiger partial charge in [-0.25, -0.2) is 0 Å². The van der Waals surface area contributed by atoms with Crippen LogP contribution in [0.4, 0.5) is 5.69 Å². The van der Waals surface area contributed by atoms with Gasteiger partial charge in [0.25, 0.3) is 5.91 Å². The van der Waals surface area contributed by atoms with Crippen molar-refractivity contribution in [2.24, 2.45) is 5.92 Å². The van der Waals surface area contributed by atoms with Crippen LogP contribution in [0.2, 0.25) is 0 Å². The molecule has 7 nitrogen and oxygen atoms in total. The predicted molar refractivity (Wildman–Crippen MR) is 131 cm³/mol. The zero-order valence-corrected chi connectivity index (χ0v) is 20.5. The second kappa shape index (κ2) is 9.68. The van der Waals surface area contributed by atoms with Crippen molar-refractivity contribution in [2.75, 3.05) is 44.2 Å². The van der Waals surface area contributed by atoms with Crippen molar-refractivity contribution in [3.05, 3.63) is 29.8 Å². The molecule has 1 unspecified atom stereocenters. The highest BCUT2D eigenvalue weighted by Crippen LogP contribution is 2.44. The summed E-state index contributed by atoms with van der Waals surface area (Å²) in [6.07, 6.45) is 8.99. The largest absolute Gasteiger partial charge is 0.340 e. The smallest absolute Gasteiger partial charge is 0.257 e. The number of carbonyl (C=O) groups excluding carboxylic acids is 3. The maximum Gasteiger partial charge on any atom is 0.257 e. The van der Waals surface area contributed by atoms with Gasteiger partial charge >= 0.3 is 0 Å². The van der Waals surface area contributed by atoms with Crippen LogP contribution in [-0.4, -0.2) is 77.4 Å². The molecule has 34 heavy (non-hydrogen) atoms. The van der Waals surface area contributed by atoms with Gasteiger partial charge in [-0.2, -0.15) is 0 Å². The third kappa shape index (κ3) is 4.35. The molecule has 5 rings (SSSR count). The van der Waals surface area contributed by atoms with Crippen LogP contribution < -0.4 is 4.90 Å². The lowest BCUT2D eigenvalue weighted by atomic mass is 9.89. The highest BCUT2D eigenvalue weighted by atomic mass is 16.2. The second-order valence-corrected chi connectivity index (χ2v) is 10.7. The van der Waals surface area contributed by atoms with Crippen molar-refractivity contribution >= 4 is 23.4 Å².